The third-order valence-electron chi connectivity index (χ3n) is 2.43. The molecule has 1 unspecified atom stereocenters. The molecule has 76 valence electrons. The van der Waals surface area contributed by atoms with E-state index in [-0.39, 0.29) is 5.91 Å². The lowest BCUT2D eigenvalue weighted by Gasteiger charge is -2.10. The van der Waals surface area contributed by atoms with E-state index < -0.39 is 0 Å². The van der Waals surface area contributed by atoms with E-state index in [1.807, 2.05) is 0 Å². The number of hydrogen-bond acceptors (Lipinski definition) is 3. The number of rotatable bonds is 3. The summed E-state index contributed by atoms with van der Waals surface area (Å²) >= 11 is 0. The van der Waals surface area contributed by atoms with E-state index in [0.29, 0.717) is 18.2 Å². The monoisotopic (exact) mass is 194 g/mol. The zero-order valence-electron chi connectivity index (χ0n) is 7.92. The van der Waals surface area contributed by atoms with Crippen LogP contribution in [0, 0.1) is 0 Å². The topological polar surface area (TPSA) is 69.8 Å². The molecular formula is C9H14N4O. The molecule has 0 spiro atoms. The lowest BCUT2D eigenvalue weighted by molar-refractivity contribution is 0.0950. The highest BCUT2D eigenvalue weighted by atomic mass is 16.1. The molecule has 2 rings (SSSR count). The number of amides is 1. The fraction of sp³-hybridized carbons (Fsp3) is 0.556. The Morgan fingerprint density at radius 2 is 2.64 bits per heavy atom. The van der Waals surface area contributed by atoms with Crippen molar-refractivity contribution in [1.29, 1.82) is 0 Å². The zero-order valence-corrected chi connectivity index (χ0v) is 7.92. The number of hydrogen-bond donors (Lipinski definition) is 3. The highest BCUT2D eigenvalue weighted by Crippen LogP contribution is 2.03. The Kier molecular flexibility index (Phi) is 2.78. The van der Waals surface area contributed by atoms with Crippen LogP contribution < -0.4 is 10.6 Å². The SMILES string of the molecule is O=C(NCC1CCCN1)c1cn[nH]c1. The molecule has 0 radical (unpaired) electrons. The maximum absolute atomic E-state index is 11.5. The van der Waals surface area contributed by atoms with Crippen LogP contribution in [-0.2, 0) is 0 Å². The summed E-state index contributed by atoms with van der Waals surface area (Å²) in [6.07, 6.45) is 5.47. The summed E-state index contributed by atoms with van der Waals surface area (Å²) in [5.41, 5.74) is 0.586. The van der Waals surface area contributed by atoms with Crippen LogP contribution in [-0.4, -0.2) is 35.2 Å². The number of carbonyl (C=O) groups is 1. The van der Waals surface area contributed by atoms with E-state index in [1.54, 1.807) is 6.20 Å². The maximum Gasteiger partial charge on any atom is 0.254 e. The number of H-pyrrole nitrogens is 1. The lowest BCUT2D eigenvalue weighted by atomic mass is 10.2. The molecule has 5 nitrogen and oxygen atoms in total. The first-order valence-electron chi connectivity index (χ1n) is 4.86. The van der Waals surface area contributed by atoms with Gasteiger partial charge in [0.15, 0.2) is 0 Å². The average Bonchev–Trinajstić information content (AvgIpc) is 2.87. The highest BCUT2D eigenvalue weighted by molar-refractivity contribution is 5.93. The van der Waals surface area contributed by atoms with Crippen molar-refractivity contribution in [3.05, 3.63) is 18.0 Å². The van der Waals surface area contributed by atoms with E-state index in [1.165, 1.54) is 12.6 Å². The molecule has 0 bridgehead atoms. The first kappa shape index (κ1) is 9.21. The molecule has 1 aromatic heterocycles. The summed E-state index contributed by atoms with van der Waals surface area (Å²) in [6, 6.07) is 0.436. The van der Waals surface area contributed by atoms with E-state index in [9.17, 15) is 4.79 Å². The zero-order chi connectivity index (χ0) is 9.80. The molecule has 1 saturated heterocycles. The van der Waals surface area contributed by atoms with Gasteiger partial charge in [-0.1, -0.05) is 0 Å². The van der Waals surface area contributed by atoms with Gasteiger partial charge < -0.3 is 10.6 Å². The Balaban J connectivity index is 1.78. The second kappa shape index (κ2) is 4.23. The summed E-state index contributed by atoms with van der Waals surface area (Å²) in [4.78, 5) is 11.5. The fourth-order valence-electron chi connectivity index (χ4n) is 1.62. The number of aromatic amines is 1. The standard InChI is InChI=1S/C9H14N4O/c14-9(7-4-12-13-5-7)11-6-8-2-1-3-10-8/h4-5,8,10H,1-3,6H2,(H,11,14)(H,12,13). The first-order chi connectivity index (χ1) is 6.86. The Hall–Kier alpha value is -1.36. The van der Waals surface area contributed by atoms with Crippen molar-refractivity contribution in [3.63, 3.8) is 0 Å². The molecule has 1 aliphatic heterocycles. The average molecular weight is 194 g/mol. The number of carbonyl (C=O) groups excluding carboxylic acids is 1. The smallest absolute Gasteiger partial charge is 0.254 e. The van der Waals surface area contributed by atoms with Gasteiger partial charge in [0.05, 0.1) is 11.8 Å². The van der Waals surface area contributed by atoms with Crippen molar-refractivity contribution in [1.82, 2.24) is 20.8 Å². The Labute approximate surface area is 82.3 Å². The minimum atomic E-state index is -0.0625. The fourth-order valence-corrected chi connectivity index (χ4v) is 1.62. The molecule has 1 fully saturated rings. The molecule has 1 amide bonds. The van der Waals surface area contributed by atoms with Gasteiger partial charge in [-0.25, -0.2) is 0 Å². The Bertz CT molecular complexity index is 290. The summed E-state index contributed by atoms with van der Waals surface area (Å²) < 4.78 is 0. The molecular weight excluding hydrogens is 180 g/mol. The molecule has 3 N–H and O–H groups in total. The van der Waals surface area contributed by atoms with Gasteiger partial charge in [-0.15, -0.1) is 0 Å². The van der Waals surface area contributed by atoms with E-state index in [2.05, 4.69) is 20.8 Å². The van der Waals surface area contributed by atoms with Gasteiger partial charge in [-0.3, -0.25) is 9.89 Å². The minimum Gasteiger partial charge on any atom is -0.350 e. The Morgan fingerprint density at radius 3 is 3.29 bits per heavy atom. The first-order valence-corrected chi connectivity index (χ1v) is 4.86. The maximum atomic E-state index is 11.5. The lowest BCUT2D eigenvalue weighted by Crippen LogP contribution is -2.37. The van der Waals surface area contributed by atoms with Crippen molar-refractivity contribution in [2.24, 2.45) is 0 Å². The third-order valence-corrected chi connectivity index (χ3v) is 2.43. The van der Waals surface area contributed by atoms with Gasteiger partial charge in [0, 0.05) is 18.8 Å². The van der Waals surface area contributed by atoms with Crippen LogP contribution in [0.3, 0.4) is 0 Å². The number of nitrogens with zero attached hydrogens (tertiary/aromatic N) is 1. The van der Waals surface area contributed by atoms with Gasteiger partial charge >= 0.3 is 0 Å². The van der Waals surface area contributed by atoms with Gasteiger partial charge in [0.2, 0.25) is 0 Å². The van der Waals surface area contributed by atoms with Gasteiger partial charge in [0.1, 0.15) is 0 Å². The second-order valence-corrected chi connectivity index (χ2v) is 3.49. The molecule has 1 aromatic rings. The molecule has 1 atom stereocenters. The number of nitrogens with one attached hydrogen (secondary N) is 3. The summed E-state index contributed by atoms with van der Waals surface area (Å²) in [5.74, 6) is -0.0625. The molecule has 0 aliphatic carbocycles. The normalized spacial score (nSPS) is 21.0. The summed E-state index contributed by atoms with van der Waals surface area (Å²) in [5, 5.41) is 12.5. The van der Waals surface area contributed by atoms with Crippen LogP contribution in [0.1, 0.15) is 23.2 Å². The highest BCUT2D eigenvalue weighted by Gasteiger charge is 2.15. The van der Waals surface area contributed by atoms with Crippen LogP contribution in [0.25, 0.3) is 0 Å². The van der Waals surface area contributed by atoms with Crippen molar-refractivity contribution >= 4 is 5.91 Å². The predicted molar refractivity (Wildman–Crippen MR) is 51.9 cm³/mol. The van der Waals surface area contributed by atoms with Crippen LogP contribution in [0.4, 0.5) is 0 Å². The molecule has 1 aliphatic rings. The predicted octanol–water partition coefficient (Wildman–Crippen LogP) is -0.108. The summed E-state index contributed by atoms with van der Waals surface area (Å²) in [6.45, 7) is 1.76. The van der Waals surface area contributed by atoms with Gasteiger partial charge in [0.25, 0.3) is 5.91 Å². The largest absolute Gasteiger partial charge is 0.350 e. The molecule has 0 saturated carbocycles. The van der Waals surface area contributed by atoms with Gasteiger partial charge in [-0.05, 0) is 19.4 Å². The van der Waals surface area contributed by atoms with Crippen LogP contribution in [0.15, 0.2) is 12.4 Å². The quantitative estimate of drug-likeness (QED) is 0.629. The molecule has 0 aromatic carbocycles. The second-order valence-electron chi connectivity index (χ2n) is 3.49. The molecule has 14 heavy (non-hydrogen) atoms. The minimum absolute atomic E-state index is 0.0625. The van der Waals surface area contributed by atoms with Crippen molar-refractivity contribution in [3.8, 4) is 0 Å². The van der Waals surface area contributed by atoms with Crippen molar-refractivity contribution in [2.75, 3.05) is 13.1 Å². The van der Waals surface area contributed by atoms with Crippen LogP contribution in [0.5, 0.6) is 0 Å². The summed E-state index contributed by atoms with van der Waals surface area (Å²) in [7, 11) is 0. The molecule has 5 heteroatoms. The molecule has 2 heterocycles. The van der Waals surface area contributed by atoms with Crippen molar-refractivity contribution in [2.45, 2.75) is 18.9 Å². The van der Waals surface area contributed by atoms with E-state index in [0.717, 1.165) is 13.0 Å². The third kappa shape index (κ3) is 2.11. The van der Waals surface area contributed by atoms with Gasteiger partial charge in [-0.2, -0.15) is 5.10 Å². The Morgan fingerprint density at radius 1 is 1.71 bits per heavy atom. The van der Waals surface area contributed by atoms with E-state index >= 15 is 0 Å². The van der Waals surface area contributed by atoms with Crippen LogP contribution in [0.2, 0.25) is 0 Å². The van der Waals surface area contributed by atoms with Crippen LogP contribution >= 0.6 is 0 Å². The van der Waals surface area contributed by atoms with Crippen molar-refractivity contribution < 1.29 is 4.79 Å². The van der Waals surface area contributed by atoms with E-state index in [4.69, 9.17) is 0 Å². The number of aromatic nitrogens is 2.